The minimum absolute atomic E-state index is 0.441. The van der Waals surface area contributed by atoms with Crippen LogP contribution in [0.2, 0.25) is 0 Å². The Morgan fingerprint density at radius 3 is 2.52 bits per heavy atom. The lowest BCUT2D eigenvalue weighted by Gasteiger charge is -2.35. The number of aromatic nitrogens is 2. The number of hydrogen-bond donors (Lipinski definition) is 0. The van der Waals surface area contributed by atoms with Gasteiger partial charge in [0.1, 0.15) is 19.0 Å². The Morgan fingerprint density at radius 1 is 0.897 bits per heavy atom. The van der Waals surface area contributed by atoms with Crippen molar-refractivity contribution in [1.29, 1.82) is 0 Å². The Balaban J connectivity index is 1.56. The predicted octanol–water partition coefficient (Wildman–Crippen LogP) is 3.61. The average molecular weight is 394 g/mol. The lowest BCUT2D eigenvalue weighted by atomic mass is 9.73. The quantitative estimate of drug-likeness (QED) is 0.669. The highest BCUT2D eigenvalue weighted by Gasteiger charge is 2.43. The molecule has 3 aromatic rings. The van der Waals surface area contributed by atoms with E-state index in [1.165, 1.54) is 0 Å². The van der Waals surface area contributed by atoms with E-state index in [1.807, 2.05) is 36.4 Å². The molecule has 0 N–H and O–H groups in total. The molecule has 0 aliphatic carbocycles. The minimum atomic E-state index is -0.441. The molecule has 2 aliphatic rings. The van der Waals surface area contributed by atoms with Crippen LogP contribution in [-0.2, 0) is 10.2 Å². The van der Waals surface area contributed by atoms with E-state index < -0.39 is 5.41 Å². The Bertz CT molecular complexity index is 1010. The van der Waals surface area contributed by atoms with Crippen LogP contribution in [0.5, 0.6) is 17.2 Å². The van der Waals surface area contributed by atoms with Crippen LogP contribution >= 0.6 is 0 Å². The highest BCUT2D eigenvalue weighted by molar-refractivity contribution is 5.60. The largest absolute Gasteiger partial charge is 0.496 e. The van der Waals surface area contributed by atoms with E-state index in [0.717, 1.165) is 35.5 Å². The van der Waals surface area contributed by atoms with Gasteiger partial charge in [-0.3, -0.25) is 0 Å². The van der Waals surface area contributed by atoms with Gasteiger partial charge in [-0.2, -0.15) is 0 Å². The van der Waals surface area contributed by atoms with Crippen molar-refractivity contribution in [3.05, 3.63) is 53.9 Å². The summed E-state index contributed by atoms with van der Waals surface area (Å²) in [6.45, 7) is 2.34. The molecule has 0 bridgehead atoms. The summed E-state index contributed by atoms with van der Waals surface area (Å²) >= 11 is 0. The van der Waals surface area contributed by atoms with Crippen molar-refractivity contribution in [2.45, 2.75) is 18.3 Å². The zero-order chi connectivity index (χ0) is 19.7. The first kappa shape index (κ1) is 18.0. The van der Waals surface area contributed by atoms with E-state index in [1.54, 1.807) is 7.11 Å². The van der Waals surface area contributed by atoms with Gasteiger partial charge in [-0.1, -0.05) is 18.2 Å². The molecule has 5 rings (SSSR count). The standard InChI is InChI=1S/C22H22N2O5/c1-25-17-5-3-2-4-16(17)22(8-10-26-11-9-22)21-24-23-20(29-21)15-6-7-18-19(14-15)28-13-12-27-18/h2-7,14H,8-13H2,1H3. The van der Waals surface area contributed by atoms with E-state index in [4.69, 9.17) is 23.4 Å². The van der Waals surface area contributed by atoms with E-state index in [9.17, 15) is 0 Å². The number of fused-ring (bicyclic) bond motifs is 1. The number of nitrogens with zero attached hydrogens (tertiary/aromatic N) is 2. The molecular formula is C22H22N2O5. The molecule has 1 aromatic heterocycles. The SMILES string of the molecule is COc1ccccc1C1(c2nnc(-c3ccc4c(c3)OCCO4)o2)CCOCC1. The molecule has 1 saturated heterocycles. The van der Waals surface area contributed by atoms with Crippen LogP contribution in [0.25, 0.3) is 11.5 Å². The van der Waals surface area contributed by atoms with Crippen LogP contribution in [0.3, 0.4) is 0 Å². The Labute approximate surface area is 168 Å². The van der Waals surface area contributed by atoms with Crippen molar-refractivity contribution in [3.8, 4) is 28.7 Å². The van der Waals surface area contributed by atoms with Crippen LogP contribution in [0.1, 0.15) is 24.3 Å². The van der Waals surface area contributed by atoms with Gasteiger partial charge in [0.15, 0.2) is 11.5 Å². The van der Waals surface area contributed by atoms with Gasteiger partial charge in [-0.05, 0) is 37.1 Å². The molecule has 29 heavy (non-hydrogen) atoms. The topological polar surface area (TPSA) is 75.8 Å². The van der Waals surface area contributed by atoms with Gasteiger partial charge in [0.05, 0.1) is 12.5 Å². The molecule has 150 valence electrons. The zero-order valence-electron chi connectivity index (χ0n) is 16.2. The number of benzene rings is 2. The van der Waals surface area contributed by atoms with Crippen LogP contribution in [-0.4, -0.2) is 43.7 Å². The fraction of sp³-hybridized carbons (Fsp3) is 0.364. The Hall–Kier alpha value is -3.06. The summed E-state index contributed by atoms with van der Waals surface area (Å²) in [6.07, 6.45) is 1.49. The van der Waals surface area contributed by atoms with Gasteiger partial charge in [0.25, 0.3) is 0 Å². The third-order valence-electron chi connectivity index (χ3n) is 5.59. The van der Waals surface area contributed by atoms with E-state index in [2.05, 4.69) is 16.3 Å². The van der Waals surface area contributed by atoms with E-state index >= 15 is 0 Å². The van der Waals surface area contributed by atoms with E-state index in [0.29, 0.717) is 44.0 Å². The molecule has 0 atom stereocenters. The third-order valence-corrected chi connectivity index (χ3v) is 5.59. The smallest absolute Gasteiger partial charge is 0.247 e. The third kappa shape index (κ3) is 3.11. The maximum absolute atomic E-state index is 6.23. The molecule has 1 fully saturated rings. The summed E-state index contributed by atoms with van der Waals surface area (Å²) in [7, 11) is 1.68. The van der Waals surface area contributed by atoms with Crippen LogP contribution in [0.4, 0.5) is 0 Å². The molecule has 0 spiro atoms. The lowest BCUT2D eigenvalue weighted by Crippen LogP contribution is -2.35. The summed E-state index contributed by atoms with van der Waals surface area (Å²) in [4.78, 5) is 0. The second kappa shape index (κ2) is 7.40. The van der Waals surface area contributed by atoms with Gasteiger partial charge < -0.3 is 23.4 Å². The molecule has 0 unspecified atom stereocenters. The predicted molar refractivity (Wildman–Crippen MR) is 105 cm³/mol. The molecule has 0 radical (unpaired) electrons. The van der Waals surface area contributed by atoms with Gasteiger partial charge in [0, 0.05) is 24.3 Å². The maximum atomic E-state index is 6.23. The van der Waals surface area contributed by atoms with Crippen molar-refractivity contribution in [2.24, 2.45) is 0 Å². The molecule has 2 aliphatic heterocycles. The number of methoxy groups -OCH3 is 1. The monoisotopic (exact) mass is 394 g/mol. The maximum Gasteiger partial charge on any atom is 0.247 e. The number of para-hydroxylation sites is 1. The van der Waals surface area contributed by atoms with Crippen molar-refractivity contribution in [1.82, 2.24) is 10.2 Å². The first-order chi connectivity index (χ1) is 14.3. The number of rotatable bonds is 4. The molecule has 0 saturated carbocycles. The molecule has 7 nitrogen and oxygen atoms in total. The Morgan fingerprint density at radius 2 is 1.69 bits per heavy atom. The summed E-state index contributed by atoms with van der Waals surface area (Å²) in [5.41, 5.74) is 1.41. The fourth-order valence-corrected chi connectivity index (χ4v) is 4.07. The van der Waals surface area contributed by atoms with Crippen molar-refractivity contribution >= 4 is 0 Å². The van der Waals surface area contributed by atoms with Crippen molar-refractivity contribution in [3.63, 3.8) is 0 Å². The number of ether oxygens (including phenoxy) is 4. The summed E-state index contributed by atoms with van der Waals surface area (Å²) in [6, 6.07) is 13.7. The summed E-state index contributed by atoms with van der Waals surface area (Å²) < 4.78 is 28.8. The average Bonchev–Trinajstić information content (AvgIpc) is 3.30. The molecule has 7 heteroatoms. The van der Waals surface area contributed by atoms with Gasteiger partial charge in [-0.15, -0.1) is 10.2 Å². The van der Waals surface area contributed by atoms with Crippen molar-refractivity contribution < 1.29 is 23.4 Å². The van der Waals surface area contributed by atoms with Gasteiger partial charge in [-0.25, -0.2) is 0 Å². The lowest BCUT2D eigenvalue weighted by molar-refractivity contribution is 0.0538. The molecular weight excluding hydrogens is 372 g/mol. The highest BCUT2D eigenvalue weighted by atomic mass is 16.6. The van der Waals surface area contributed by atoms with Crippen LogP contribution in [0, 0.1) is 0 Å². The van der Waals surface area contributed by atoms with Crippen molar-refractivity contribution in [2.75, 3.05) is 33.5 Å². The van der Waals surface area contributed by atoms with Crippen LogP contribution in [0.15, 0.2) is 46.9 Å². The molecule has 3 heterocycles. The first-order valence-electron chi connectivity index (χ1n) is 9.75. The molecule has 0 amide bonds. The Kier molecular flexibility index (Phi) is 4.60. The molecule has 2 aromatic carbocycles. The van der Waals surface area contributed by atoms with Gasteiger partial charge >= 0.3 is 0 Å². The fourth-order valence-electron chi connectivity index (χ4n) is 4.07. The second-order valence-corrected chi connectivity index (χ2v) is 7.17. The van der Waals surface area contributed by atoms with Gasteiger partial charge in [0.2, 0.25) is 11.8 Å². The summed E-state index contributed by atoms with van der Waals surface area (Å²) in [5.74, 6) is 3.27. The first-order valence-corrected chi connectivity index (χ1v) is 9.75. The second-order valence-electron chi connectivity index (χ2n) is 7.17. The number of hydrogen-bond acceptors (Lipinski definition) is 7. The van der Waals surface area contributed by atoms with Crippen LogP contribution < -0.4 is 14.2 Å². The summed E-state index contributed by atoms with van der Waals surface area (Å²) in [5, 5.41) is 8.79. The van der Waals surface area contributed by atoms with E-state index in [-0.39, 0.29) is 0 Å². The zero-order valence-corrected chi connectivity index (χ0v) is 16.2. The highest BCUT2D eigenvalue weighted by Crippen LogP contribution is 2.45. The minimum Gasteiger partial charge on any atom is -0.496 e. The normalized spacial score (nSPS) is 17.7.